The fourth-order valence-electron chi connectivity index (χ4n) is 2.19. The fraction of sp³-hybridized carbons (Fsp3) is 0.800. The Morgan fingerprint density at radius 3 is 2.85 bits per heavy atom. The summed E-state index contributed by atoms with van der Waals surface area (Å²) in [5.74, 6) is -0.356. The molecule has 2 fully saturated rings. The molecular formula is C10H16O3. The lowest BCUT2D eigenvalue weighted by Crippen LogP contribution is -2.26. The van der Waals surface area contributed by atoms with Gasteiger partial charge < -0.3 is 14.6 Å². The molecule has 1 saturated carbocycles. The van der Waals surface area contributed by atoms with Crippen LogP contribution in [0.3, 0.4) is 0 Å². The number of ether oxygens (including phenoxy) is 2. The molecule has 0 aromatic heterocycles. The highest BCUT2D eigenvalue weighted by atomic mass is 16.8. The predicted octanol–water partition coefficient (Wildman–Crippen LogP) is 1.07. The summed E-state index contributed by atoms with van der Waals surface area (Å²) >= 11 is 0. The molecule has 0 amide bonds. The van der Waals surface area contributed by atoms with Crippen LogP contribution in [0, 0.1) is 5.92 Å². The first kappa shape index (κ1) is 9.19. The Labute approximate surface area is 78.3 Å². The monoisotopic (exact) mass is 184 g/mol. The second-order valence-electron chi connectivity index (χ2n) is 4.33. The van der Waals surface area contributed by atoms with Crippen molar-refractivity contribution in [2.75, 3.05) is 6.61 Å². The van der Waals surface area contributed by atoms with Crippen molar-refractivity contribution < 1.29 is 14.6 Å². The third-order valence-corrected chi connectivity index (χ3v) is 2.75. The van der Waals surface area contributed by atoms with Crippen LogP contribution in [-0.4, -0.2) is 29.7 Å². The summed E-state index contributed by atoms with van der Waals surface area (Å²) in [7, 11) is 0. The van der Waals surface area contributed by atoms with E-state index >= 15 is 0 Å². The summed E-state index contributed by atoms with van der Waals surface area (Å²) in [5.41, 5.74) is 1.05. The Morgan fingerprint density at radius 1 is 1.54 bits per heavy atom. The van der Waals surface area contributed by atoms with Crippen LogP contribution in [0.1, 0.15) is 20.3 Å². The number of aliphatic hydroxyl groups excluding tert-OH is 1. The minimum Gasteiger partial charge on any atom is -0.396 e. The number of rotatable bonds is 1. The van der Waals surface area contributed by atoms with Crippen molar-refractivity contribution in [1.29, 1.82) is 0 Å². The maximum absolute atomic E-state index is 9.12. The van der Waals surface area contributed by atoms with Crippen molar-refractivity contribution in [3.8, 4) is 0 Å². The summed E-state index contributed by atoms with van der Waals surface area (Å²) in [4.78, 5) is 0. The fourth-order valence-corrected chi connectivity index (χ4v) is 2.19. The van der Waals surface area contributed by atoms with Gasteiger partial charge >= 0.3 is 0 Å². The molecule has 0 radical (unpaired) electrons. The van der Waals surface area contributed by atoms with Gasteiger partial charge in [-0.25, -0.2) is 0 Å². The molecule has 0 unspecified atom stereocenters. The van der Waals surface area contributed by atoms with E-state index in [9.17, 15) is 0 Å². The Balaban J connectivity index is 2.17. The van der Waals surface area contributed by atoms with Crippen LogP contribution in [0.25, 0.3) is 0 Å². The maximum Gasteiger partial charge on any atom is 0.164 e. The van der Waals surface area contributed by atoms with Gasteiger partial charge in [-0.3, -0.25) is 0 Å². The van der Waals surface area contributed by atoms with E-state index in [0.717, 1.165) is 12.0 Å². The first-order valence-electron chi connectivity index (χ1n) is 4.67. The molecule has 74 valence electrons. The van der Waals surface area contributed by atoms with E-state index in [4.69, 9.17) is 14.6 Å². The SMILES string of the molecule is C=C1C[C@H](CO)[C@H]2OC(C)(C)O[C@@H]12. The summed E-state index contributed by atoms with van der Waals surface area (Å²) in [6.07, 6.45) is 0.821. The van der Waals surface area contributed by atoms with Gasteiger partial charge in [0.15, 0.2) is 5.79 Å². The predicted molar refractivity (Wildman–Crippen MR) is 48.2 cm³/mol. The van der Waals surface area contributed by atoms with Gasteiger partial charge in [-0.15, -0.1) is 0 Å². The van der Waals surface area contributed by atoms with Crippen molar-refractivity contribution in [1.82, 2.24) is 0 Å². The van der Waals surface area contributed by atoms with Gasteiger partial charge in [0, 0.05) is 12.5 Å². The molecule has 3 nitrogen and oxygen atoms in total. The van der Waals surface area contributed by atoms with E-state index in [0.29, 0.717) is 0 Å². The standard InChI is InChI=1S/C10H16O3/c1-6-4-7(5-11)9-8(6)12-10(2,3)13-9/h7-9,11H,1,4-5H2,2-3H3/t7-,8+,9-/m1/s1. The Morgan fingerprint density at radius 2 is 2.23 bits per heavy atom. The quantitative estimate of drug-likeness (QED) is 0.620. The third-order valence-electron chi connectivity index (χ3n) is 2.75. The van der Waals surface area contributed by atoms with Crippen molar-refractivity contribution in [2.45, 2.75) is 38.3 Å². The first-order valence-corrected chi connectivity index (χ1v) is 4.67. The van der Waals surface area contributed by atoms with Crippen LogP contribution in [-0.2, 0) is 9.47 Å². The summed E-state index contributed by atoms with van der Waals surface area (Å²) in [6, 6.07) is 0. The summed E-state index contributed by atoms with van der Waals surface area (Å²) in [5, 5.41) is 9.12. The Hall–Kier alpha value is -0.380. The van der Waals surface area contributed by atoms with E-state index in [1.165, 1.54) is 0 Å². The molecule has 1 N–H and O–H groups in total. The van der Waals surface area contributed by atoms with Crippen molar-refractivity contribution in [3.05, 3.63) is 12.2 Å². The normalized spacial score (nSPS) is 42.4. The summed E-state index contributed by atoms with van der Waals surface area (Å²) in [6.45, 7) is 7.89. The van der Waals surface area contributed by atoms with E-state index in [1.54, 1.807) is 0 Å². The van der Waals surface area contributed by atoms with E-state index in [-0.39, 0.29) is 24.7 Å². The lowest BCUT2D eigenvalue weighted by molar-refractivity contribution is -0.153. The van der Waals surface area contributed by atoms with Crippen LogP contribution in [0.4, 0.5) is 0 Å². The van der Waals surface area contributed by atoms with Crippen molar-refractivity contribution in [2.24, 2.45) is 5.92 Å². The molecule has 1 saturated heterocycles. The topological polar surface area (TPSA) is 38.7 Å². The molecule has 1 aliphatic heterocycles. The van der Waals surface area contributed by atoms with Crippen LogP contribution in [0.5, 0.6) is 0 Å². The highest BCUT2D eigenvalue weighted by Gasteiger charge is 2.50. The summed E-state index contributed by atoms with van der Waals surface area (Å²) < 4.78 is 11.4. The van der Waals surface area contributed by atoms with Gasteiger partial charge in [-0.2, -0.15) is 0 Å². The van der Waals surface area contributed by atoms with Crippen LogP contribution in [0.15, 0.2) is 12.2 Å². The third kappa shape index (κ3) is 1.41. The maximum atomic E-state index is 9.12. The second kappa shape index (κ2) is 2.80. The Bertz CT molecular complexity index is 234. The zero-order valence-corrected chi connectivity index (χ0v) is 8.12. The van der Waals surface area contributed by atoms with Gasteiger partial charge in [-0.1, -0.05) is 6.58 Å². The van der Waals surface area contributed by atoms with Crippen LogP contribution >= 0.6 is 0 Å². The molecule has 1 aliphatic carbocycles. The van der Waals surface area contributed by atoms with Crippen LogP contribution in [0.2, 0.25) is 0 Å². The number of aliphatic hydroxyl groups is 1. The molecule has 2 rings (SSSR count). The molecular weight excluding hydrogens is 168 g/mol. The molecule has 3 heteroatoms. The molecule has 0 aromatic carbocycles. The van der Waals surface area contributed by atoms with Gasteiger partial charge in [0.25, 0.3) is 0 Å². The van der Waals surface area contributed by atoms with Crippen molar-refractivity contribution >= 4 is 0 Å². The minimum absolute atomic E-state index is 0.00694. The molecule has 0 spiro atoms. The lowest BCUT2D eigenvalue weighted by atomic mass is 10.1. The zero-order chi connectivity index (χ0) is 9.64. The minimum atomic E-state index is -0.522. The second-order valence-corrected chi connectivity index (χ2v) is 4.33. The van der Waals surface area contributed by atoms with E-state index < -0.39 is 5.79 Å². The molecule has 0 bridgehead atoms. The number of hydrogen-bond donors (Lipinski definition) is 1. The van der Waals surface area contributed by atoms with E-state index in [1.807, 2.05) is 13.8 Å². The molecule has 3 atom stereocenters. The Kier molecular flexibility index (Phi) is 1.98. The molecule has 1 heterocycles. The average Bonchev–Trinajstić information content (AvgIpc) is 2.47. The molecule has 0 aromatic rings. The molecule has 2 aliphatic rings. The van der Waals surface area contributed by atoms with E-state index in [2.05, 4.69) is 6.58 Å². The van der Waals surface area contributed by atoms with Gasteiger partial charge in [0.05, 0.1) is 6.10 Å². The highest BCUT2D eigenvalue weighted by Crippen LogP contribution is 2.43. The zero-order valence-electron chi connectivity index (χ0n) is 8.12. The number of hydrogen-bond acceptors (Lipinski definition) is 3. The molecule has 13 heavy (non-hydrogen) atoms. The highest BCUT2D eigenvalue weighted by molar-refractivity contribution is 5.17. The van der Waals surface area contributed by atoms with Crippen LogP contribution < -0.4 is 0 Å². The van der Waals surface area contributed by atoms with Gasteiger partial charge in [-0.05, 0) is 25.8 Å². The average molecular weight is 184 g/mol. The number of fused-ring (bicyclic) bond motifs is 1. The smallest absolute Gasteiger partial charge is 0.164 e. The van der Waals surface area contributed by atoms with Gasteiger partial charge in [0.2, 0.25) is 0 Å². The van der Waals surface area contributed by atoms with Crippen molar-refractivity contribution in [3.63, 3.8) is 0 Å². The largest absolute Gasteiger partial charge is 0.396 e. The van der Waals surface area contributed by atoms with Gasteiger partial charge in [0.1, 0.15) is 6.10 Å². The lowest BCUT2D eigenvalue weighted by Gasteiger charge is -2.20. The first-order chi connectivity index (χ1) is 6.03.